The molecule has 4 heteroatoms. The minimum Gasteiger partial charge on any atom is -0.456 e. The van der Waals surface area contributed by atoms with Crippen molar-refractivity contribution in [2.75, 3.05) is 0 Å². The molecule has 124 valence electrons. The highest BCUT2D eigenvalue weighted by atomic mass is 32.1. The second-order valence-electron chi connectivity index (χ2n) is 5.92. The van der Waals surface area contributed by atoms with Crippen LogP contribution in [0.3, 0.4) is 0 Å². The molecule has 3 nitrogen and oxygen atoms in total. The van der Waals surface area contributed by atoms with Gasteiger partial charge in [-0.05, 0) is 30.5 Å². The molecule has 1 aliphatic heterocycles. The summed E-state index contributed by atoms with van der Waals surface area (Å²) in [5.74, 6) is 0.938. The molecule has 25 heavy (non-hydrogen) atoms. The molecule has 2 heterocycles. The van der Waals surface area contributed by atoms with Gasteiger partial charge < -0.3 is 9.47 Å². The zero-order valence-electron chi connectivity index (χ0n) is 13.7. The van der Waals surface area contributed by atoms with Crippen LogP contribution in [-0.2, 0) is 15.1 Å². The van der Waals surface area contributed by atoms with Crippen molar-refractivity contribution in [3.8, 4) is 11.5 Å². The highest BCUT2D eigenvalue weighted by Crippen LogP contribution is 2.53. The topological polar surface area (TPSA) is 35.5 Å². The summed E-state index contributed by atoms with van der Waals surface area (Å²) in [5, 5.41) is 1.98. The molecule has 0 aliphatic carbocycles. The van der Waals surface area contributed by atoms with Gasteiger partial charge in [-0.15, -0.1) is 11.3 Å². The Hall–Kier alpha value is -2.85. The number of ether oxygens (including phenoxy) is 2. The molecule has 0 saturated carbocycles. The maximum atomic E-state index is 12.6. The van der Waals surface area contributed by atoms with Gasteiger partial charge in [-0.1, -0.05) is 49.0 Å². The van der Waals surface area contributed by atoms with Crippen LogP contribution in [0.25, 0.3) is 0 Å². The first kappa shape index (κ1) is 15.7. The average Bonchev–Trinajstić information content (AvgIpc) is 3.16. The van der Waals surface area contributed by atoms with Gasteiger partial charge in [-0.25, -0.2) is 4.79 Å². The zero-order chi connectivity index (χ0) is 17.4. The second-order valence-corrected chi connectivity index (χ2v) is 6.87. The Bertz CT molecular complexity index is 911. The number of para-hydroxylation sites is 2. The number of hydrogen-bond acceptors (Lipinski definition) is 4. The summed E-state index contributed by atoms with van der Waals surface area (Å²) in [7, 11) is 0. The van der Waals surface area contributed by atoms with Gasteiger partial charge in [0.25, 0.3) is 0 Å². The van der Waals surface area contributed by atoms with Crippen molar-refractivity contribution in [2.24, 2.45) is 0 Å². The van der Waals surface area contributed by atoms with Crippen LogP contribution in [0.2, 0.25) is 0 Å². The van der Waals surface area contributed by atoms with E-state index >= 15 is 0 Å². The Morgan fingerprint density at radius 1 is 1.00 bits per heavy atom. The van der Waals surface area contributed by atoms with Gasteiger partial charge >= 0.3 is 5.97 Å². The Labute approximate surface area is 150 Å². The Morgan fingerprint density at radius 3 is 2.12 bits per heavy atom. The normalized spacial score (nSPS) is 14.0. The van der Waals surface area contributed by atoms with E-state index < -0.39 is 11.6 Å². The molecule has 0 amide bonds. The van der Waals surface area contributed by atoms with Gasteiger partial charge in [0.1, 0.15) is 11.5 Å². The molecule has 0 bridgehead atoms. The van der Waals surface area contributed by atoms with Crippen LogP contribution < -0.4 is 4.74 Å². The van der Waals surface area contributed by atoms with E-state index in [0.717, 1.165) is 16.0 Å². The number of rotatable bonds is 3. The fraction of sp³-hybridized carbons (Fsp3) is 0.0952. The van der Waals surface area contributed by atoms with Crippen LogP contribution in [0, 0.1) is 0 Å². The van der Waals surface area contributed by atoms with Gasteiger partial charge in [0.2, 0.25) is 5.60 Å². The fourth-order valence-electron chi connectivity index (χ4n) is 3.09. The van der Waals surface area contributed by atoms with Crippen LogP contribution in [0.5, 0.6) is 11.5 Å². The van der Waals surface area contributed by atoms with Crippen LogP contribution in [0.4, 0.5) is 0 Å². The van der Waals surface area contributed by atoms with Gasteiger partial charge in [0, 0.05) is 16.7 Å². The molecule has 0 fully saturated rings. The van der Waals surface area contributed by atoms with Crippen molar-refractivity contribution in [1.82, 2.24) is 0 Å². The van der Waals surface area contributed by atoms with Gasteiger partial charge in [0.15, 0.2) is 0 Å². The van der Waals surface area contributed by atoms with E-state index in [-0.39, 0.29) is 0 Å². The monoisotopic (exact) mass is 348 g/mol. The molecular formula is C21H16O3S. The van der Waals surface area contributed by atoms with Crippen molar-refractivity contribution < 1.29 is 14.3 Å². The molecule has 4 rings (SSSR count). The van der Waals surface area contributed by atoms with E-state index in [4.69, 9.17) is 9.47 Å². The van der Waals surface area contributed by atoms with Crippen molar-refractivity contribution in [2.45, 2.75) is 12.5 Å². The molecule has 0 unspecified atom stereocenters. The molecule has 0 spiro atoms. The average molecular weight is 348 g/mol. The number of fused-ring (bicyclic) bond motifs is 2. The van der Waals surface area contributed by atoms with Crippen LogP contribution in [-0.4, -0.2) is 5.97 Å². The quantitative estimate of drug-likeness (QED) is 0.478. The largest absolute Gasteiger partial charge is 0.456 e. The third-order valence-corrected chi connectivity index (χ3v) is 5.19. The first-order chi connectivity index (χ1) is 12.1. The lowest BCUT2D eigenvalue weighted by molar-refractivity contribution is -0.148. The van der Waals surface area contributed by atoms with E-state index in [2.05, 4.69) is 6.58 Å². The smallest absolute Gasteiger partial charge is 0.334 e. The molecule has 3 aromatic rings. The lowest BCUT2D eigenvalue weighted by atomic mass is 9.81. The Balaban J connectivity index is 2.06. The summed E-state index contributed by atoms with van der Waals surface area (Å²) in [6.45, 7) is 5.40. The van der Waals surface area contributed by atoms with E-state index in [1.807, 2.05) is 66.0 Å². The van der Waals surface area contributed by atoms with Crippen LogP contribution in [0.15, 0.2) is 78.2 Å². The maximum Gasteiger partial charge on any atom is 0.334 e. The molecule has 1 aliphatic rings. The predicted molar refractivity (Wildman–Crippen MR) is 98.1 cm³/mol. The van der Waals surface area contributed by atoms with E-state index in [0.29, 0.717) is 17.1 Å². The lowest BCUT2D eigenvalue weighted by Gasteiger charge is -2.38. The third-order valence-electron chi connectivity index (χ3n) is 4.22. The minimum atomic E-state index is -1.05. The molecule has 0 saturated heterocycles. The van der Waals surface area contributed by atoms with Crippen molar-refractivity contribution >= 4 is 17.3 Å². The molecule has 2 aromatic carbocycles. The number of carbonyl (C=O) groups excluding carboxylic acids is 1. The second kappa shape index (κ2) is 5.90. The molecule has 0 radical (unpaired) electrons. The molecule has 0 atom stereocenters. The molecule has 0 N–H and O–H groups in total. The Kier molecular flexibility index (Phi) is 3.70. The number of thiophene rings is 1. The van der Waals surface area contributed by atoms with Gasteiger partial charge in [0.05, 0.1) is 4.88 Å². The van der Waals surface area contributed by atoms with Gasteiger partial charge in [-0.3, -0.25) is 0 Å². The number of esters is 1. The highest BCUT2D eigenvalue weighted by Gasteiger charge is 2.48. The first-order valence-electron chi connectivity index (χ1n) is 7.92. The Morgan fingerprint density at radius 2 is 1.60 bits per heavy atom. The van der Waals surface area contributed by atoms with Crippen molar-refractivity contribution in [3.05, 3.63) is 94.2 Å². The standard InChI is InChI=1S/C21H16O3S/c1-14(2)20(22)24-21(19-12-7-13-25-19)15-8-3-5-10-17(15)23-18-11-6-4-9-16(18)21/h3-13H,1H2,2H3. The third kappa shape index (κ3) is 2.37. The van der Waals surface area contributed by atoms with Crippen molar-refractivity contribution in [3.63, 3.8) is 0 Å². The molecular weight excluding hydrogens is 332 g/mol. The van der Waals surface area contributed by atoms with Crippen LogP contribution >= 0.6 is 11.3 Å². The van der Waals surface area contributed by atoms with Crippen LogP contribution in [0.1, 0.15) is 22.9 Å². The minimum absolute atomic E-state index is 0.359. The maximum absolute atomic E-state index is 12.6. The summed E-state index contributed by atoms with van der Waals surface area (Å²) in [5.41, 5.74) is 0.934. The number of carbonyl (C=O) groups is 1. The fourth-order valence-corrected chi connectivity index (χ4v) is 3.98. The highest BCUT2D eigenvalue weighted by molar-refractivity contribution is 7.10. The summed E-state index contributed by atoms with van der Waals surface area (Å²) >= 11 is 1.55. The van der Waals surface area contributed by atoms with E-state index in [1.54, 1.807) is 18.3 Å². The van der Waals surface area contributed by atoms with Gasteiger partial charge in [-0.2, -0.15) is 0 Å². The summed E-state index contributed by atoms with van der Waals surface area (Å²) < 4.78 is 12.2. The predicted octanol–water partition coefficient (Wildman–Crippen LogP) is 5.27. The number of benzene rings is 2. The van der Waals surface area contributed by atoms with E-state index in [1.165, 1.54) is 0 Å². The lowest BCUT2D eigenvalue weighted by Crippen LogP contribution is -2.37. The summed E-state index contributed by atoms with van der Waals surface area (Å²) in [6.07, 6.45) is 0. The number of hydrogen-bond donors (Lipinski definition) is 0. The SMILES string of the molecule is C=C(C)C(=O)OC1(c2cccs2)c2ccccc2Oc2ccccc21. The van der Waals surface area contributed by atoms with Crippen molar-refractivity contribution in [1.29, 1.82) is 0 Å². The van der Waals surface area contributed by atoms with E-state index in [9.17, 15) is 4.79 Å². The zero-order valence-corrected chi connectivity index (χ0v) is 14.5. The molecule has 1 aromatic heterocycles. The first-order valence-corrected chi connectivity index (χ1v) is 8.80. The summed E-state index contributed by atoms with van der Waals surface area (Å²) in [4.78, 5) is 13.5. The summed E-state index contributed by atoms with van der Waals surface area (Å²) in [6, 6.07) is 19.3.